The van der Waals surface area contributed by atoms with Crippen molar-refractivity contribution < 1.29 is 18.0 Å². The van der Waals surface area contributed by atoms with Crippen LogP contribution in [0.3, 0.4) is 0 Å². The van der Waals surface area contributed by atoms with Crippen molar-refractivity contribution in [1.29, 1.82) is 5.26 Å². The molecule has 1 N–H and O–H groups in total. The molecule has 2 amide bonds. The molecule has 1 aromatic carbocycles. The first kappa shape index (κ1) is 26.8. The summed E-state index contributed by atoms with van der Waals surface area (Å²) in [5.41, 5.74) is 2.02. The highest BCUT2D eigenvalue weighted by molar-refractivity contribution is 7.90. The predicted octanol–water partition coefficient (Wildman–Crippen LogP) is 2.16. The first-order valence-corrected chi connectivity index (χ1v) is 14.0. The van der Waals surface area contributed by atoms with E-state index >= 15 is 0 Å². The molecule has 0 aliphatic carbocycles. The van der Waals surface area contributed by atoms with Crippen molar-refractivity contribution in [3.63, 3.8) is 0 Å². The quantitative estimate of drug-likeness (QED) is 0.466. The van der Waals surface area contributed by atoms with E-state index in [2.05, 4.69) is 21.4 Å². The van der Waals surface area contributed by atoms with Crippen molar-refractivity contribution in [2.24, 2.45) is 0 Å². The Morgan fingerprint density at radius 2 is 1.71 bits per heavy atom. The van der Waals surface area contributed by atoms with Gasteiger partial charge in [-0.25, -0.2) is 13.4 Å². The molecule has 1 aliphatic heterocycles. The summed E-state index contributed by atoms with van der Waals surface area (Å²) in [5.74, 6) is 0.0759. The topological polar surface area (TPSA) is 136 Å². The third-order valence-corrected chi connectivity index (χ3v) is 7.38. The Kier molecular flexibility index (Phi) is 8.33. The maximum absolute atomic E-state index is 12.7. The van der Waals surface area contributed by atoms with E-state index in [1.165, 1.54) is 6.07 Å². The van der Waals surface area contributed by atoms with Gasteiger partial charge in [0.05, 0.1) is 16.2 Å². The maximum atomic E-state index is 12.7. The Morgan fingerprint density at radius 1 is 1.03 bits per heavy atom. The van der Waals surface area contributed by atoms with Crippen molar-refractivity contribution in [2.75, 3.05) is 37.3 Å². The summed E-state index contributed by atoms with van der Waals surface area (Å²) in [4.78, 5) is 37.1. The summed E-state index contributed by atoms with van der Waals surface area (Å²) < 4.78 is 25.0. The molecule has 1 saturated heterocycles. The molecule has 196 valence electrons. The highest BCUT2D eigenvalue weighted by Crippen LogP contribution is 2.31. The molecule has 0 atom stereocenters. The lowest BCUT2D eigenvalue weighted by Gasteiger charge is -2.36. The number of nitrogens with zero attached hydrogens (tertiary/aromatic N) is 5. The Balaban J connectivity index is 1.40. The average molecular weight is 533 g/mol. The number of pyridine rings is 2. The SMILES string of the molecule is CS(=O)(=O)c1cc(C#N)c(N2CCN(C(=O)CCC(=O)NCc3ccncc3)CC2)nc1-c1ccccc1. The number of rotatable bonds is 8. The van der Waals surface area contributed by atoms with E-state index in [1.807, 2.05) is 23.1 Å². The third kappa shape index (κ3) is 6.52. The molecule has 0 radical (unpaired) electrons. The second kappa shape index (κ2) is 11.8. The van der Waals surface area contributed by atoms with Gasteiger partial charge in [0.15, 0.2) is 9.84 Å². The van der Waals surface area contributed by atoms with Crippen LogP contribution in [0.1, 0.15) is 24.0 Å². The number of carbonyl (C=O) groups is 2. The number of anilines is 1. The second-order valence-corrected chi connectivity index (χ2v) is 10.9. The van der Waals surface area contributed by atoms with Gasteiger partial charge in [-0.05, 0) is 23.8 Å². The molecule has 2 aromatic heterocycles. The van der Waals surface area contributed by atoms with Gasteiger partial charge in [0.25, 0.3) is 0 Å². The van der Waals surface area contributed by atoms with Crippen LogP contribution in [0.25, 0.3) is 11.3 Å². The van der Waals surface area contributed by atoms with Crippen LogP contribution in [0.15, 0.2) is 65.8 Å². The molecule has 0 bridgehead atoms. The predicted molar refractivity (Wildman–Crippen MR) is 142 cm³/mol. The fraction of sp³-hybridized carbons (Fsp3) is 0.296. The zero-order valence-electron chi connectivity index (χ0n) is 21.0. The number of hydrogen-bond acceptors (Lipinski definition) is 8. The summed E-state index contributed by atoms with van der Waals surface area (Å²) >= 11 is 0. The molecule has 10 nitrogen and oxygen atoms in total. The summed E-state index contributed by atoms with van der Waals surface area (Å²) in [5, 5.41) is 12.6. The average Bonchev–Trinajstić information content (AvgIpc) is 2.94. The Morgan fingerprint density at radius 3 is 2.34 bits per heavy atom. The van der Waals surface area contributed by atoms with E-state index in [-0.39, 0.29) is 35.1 Å². The van der Waals surface area contributed by atoms with Crippen molar-refractivity contribution in [3.8, 4) is 17.3 Å². The molecule has 3 heterocycles. The van der Waals surface area contributed by atoms with Crippen LogP contribution < -0.4 is 10.2 Å². The molecular weight excluding hydrogens is 504 g/mol. The zero-order chi connectivity index (χ0) is 27.1. The molecule has 1 fully saturated rings. The minimum absolute atomic E-state index is 0.0000198. The van der Waals surface area contributed by atoms with Crippen molar-refractivity contribution in [1.82, 2.24) is 20.2 Å². The molecule has 0 spiro atoms. The molecule has 0 saturated carbocycles. The Labute approximate surface area is 221 Å². The number of aromatic nitrogens is 2. The fourth-order valence-corrected chi connectivity index (χ4v) is 5.08. The summed E-state index contributed by atoms with van der Waals surface area (Å²) in [6.45, 7) is 2.03. The first-order valence-electron chi connectivity index (χ1n) is 12.1. The lowest BCUT2D eigenvalue weighted by molar-refractivity contribution is -0.133. The highest BCUT2D eigenvalue weighted by Gasteiger charge is 2.27. The van der Waals surface area contributed by atoms with E-state index in [4.69, 9.17) is 0 Å². The minimum atomic E-state index is -3.64. The van der Waals surface area contributed by atoms with E-state index < -0.39 is 9.84 Å². The van der Waals surface area contributed by atoms with Crippen LogP contribution >= 0.6 is 0 Å². The Hall–Kier alpha value is -4.30. The number of hydrogen-bond donors (Lipinski definition) is 1. The zero-order valence-corrected chi connectivity index (χ0v) is 21.8. The monoisotopic (exact) mass is 532 g/mol. The van der Waals surface area contributed by atoms with Crippen LogP contribution in [-0.4, -0.2) is 67.5 Å². The fourth-order valence-electron chi connectivity index (χ4n) is 4.23. The number of benzene rings is 1. The summed E-state index contributed by atoms with van der Waals surface area (Å²) in [6, 6.07) is 16.1. The number of nitriles is 1. The molecule has 11 heteroatoms. The highest BCUT2D eigenvalue weighted by atomic mass is 32.2. The van der Waals surface area contributed by atoms with Crippen LogP contribution in [0.4, 0.5) is 5.82 Å². The van der Waals surface area contributed by atoms with Gasteiger partial charge < -0.3 is 15.1 Å². The molecular formula is C27H28N6O4S. The van der Waals surface area contributed by atoms with E-state index in [0.717, 1.165) is 11.8 Å². The second-order valence-electron chi connectivity index (χ2n) is 8.96. The van der Waals surface area contributed by atoms with Crippen LogP contribution in [0.5, 0.6) is 0 Å². The van der Waals surface area contributed by atoms with Crippen molar-refractivity contribution >= 4 is 27.5 Å². The lowest BCUT2D eigenvalue weighted by Crippen LogP contribution is -2.49. The van der Waals surface area contributed by atoms with E-state index in [0.29, 0.717) is 49.8 Å². The van der Waals surface area contributed by atoms with Gasteiger partial charge in [-0.1, -0.05) is 30.3 Å². The number of nitrogens with one attached hydrogen (secondary N) is 1. The summed E-state index contributed by atoms with van der Waals surface area (Å²) in [7, 11) is -3.64. The minimum Gasteiger partial charge on any atom is -0.352 e. The third-order valence-electron chi connectivity index (χ3n) is 6.27. The summed E-state index contributed by atoms with van der Waals surface area (Å²) in [6.07, 6.45) is 4.61. The standard InChI is InChI=1S/C27H28N6O4S/c1-38(36,37)23-17-22(18-28)27(31-26(23)21-5-3-2-4-6-21)33-15-13-32(14-16-33)25(35)8-7-24(34)30-19-20-9-11-29-12-10-20/h2-6,9-12,17H,7-8,13-16,19H2,1H3,(H,30,34). The number of carbonyl (C=O) groups excluding carboxylic acids is 2. The van der Waals surface area contributed by atoms with Crippen molar-refractivity contribution in [2.45, 2.75) is 24.3 Å². The molecule has 3 aromatic rings. The number of sulfone groups is 1. The van der Waals surface area contributed by atoms with E-state index in [9.17, 15) is 23.3 Å². The molecule has 38 heavy (non-hydrogen) atoms. The number of piperazine rings is 1. The van der Waals surface area contributed by atoms with Gasteiger partial charge in [0.1, 0.15) is 11.9 Å². The van der Waals surface area contributed by atoms with Gasteiger partial charge in [-0.3, -0.25) is 14.6 Å². The maximum Gasteiger partial charge on any atom is 0.223 e. The smallest absolute Gasteiger partial charge is 0.223 e. The normalized spacial score (nSPS) is 13.6. The first-order chi connectivity index (χ1) is 18.3. The lowest BCUT2D eigenvalue weighted by atomic mass is 10.1. The molecule has 1 aliphatic rings. The van der Waals surface area contributed by atoms with Gasteiger partial charge >= 0.3 is 0 Å². The van der Waals surface area contributed by atoms with Gasteiger partial charge in [0.2, 0.25) is 11.8 Å². The van der Waals surface area contributed by atoms with Gasteiger partial charge in [-0.2, -0.15) is 5.26 Å². The van der Waals surface area contributed by atoms with Crippen LogP contribution in [0, 0.1) is 11.3 Å². The number of amides is 2. The molecule has 4 rings (SSSR count). The van der Waals surface area contributed by atoms with Crippen molar-refractivity contribution in [3.05, 3.63) is 72.1 Å². The van der Waals surface area contributed by atoms with E-state index in [1.54, 1.807) is 41.6 Å². The molecule has 0 unspecified atom stereocenters. The Bertz CT molecular complexity index is 1450. The largest absolute Gasteiger partial charge is 0.352 e. The van der Waals surface area contributed by atoms with Gasteiger partial charge in [-0.15, -0.1) is 0 Å². The van der Waals surface area contributed by atoms with Crippen LogP contribution in [-0.2, 0) is 26.0 Å². The van der Waals surface area contributed by atoms with Gasteiger partial charge in [0, 0.05) is 69.8 Å². The van der Waals surface area contributed by atoms with Crippen LogP contribution in [0.2, 0.25) is 0 Å².